The van der Waals surface area contributed by atoms with Crippen LogP contribution >= 0.6 is 12.4 Å². The molecule has 0 unspecified atom stereocenters. The number of hydrogen-bond donors (Lipinski definition) is 0. The molecule has 0 radical (unpaired) electrons. The molecule has 4 nitrogen and oxygen atoms in total. The fourth-order valence-corrected chi connectivity index (χ4v) is 2.72. The van der Waals surface area contributed by atoms with Gasteiger partial charge in [-0.05, 0) is 43.2 Å². The van der Waals surface area contributed by atoms with Crippen LogP contribution in [0.3, 0.4) is 0 Å². The van der Waals surface area contributed by atoms with Crippen molar-refractivity contribution in [1.29, 1.82) is 0 Å². The highest BCUT2D eigenvalue weighted by Crippen LogP contribution is 2.31. The van der Waals surface area contributed by atoms with Gasteiger partial charge in [-0.1, -0.05) is 12.1 Å². The molecule has 0 aliphatic rings. The van der Waals surface area contributed by atoms with E-state index in [9.17, 15) is 9.18 Å². The van der Waals surface area contributed by atoms with Crippen LogP contribution in [0.2, 0.25) is 0 Å². The first-order chi connectivity index (χ1) is 11.0. The maximum Gasteiger partial charge on any atom is 0.239 e. The topological polar surface area (TPSA) is 44.1 Å². The molecule has 1 aromatic carbocycles. The number of nitrogens with zero attached hydrogens (tertiary/aromatic N) is 2. The van der Waals surface area contributed by atoms with Crippen molar-refractivity contribution in [3.63, 3.8) is 0 Å². The fraction of sp³-hybridized carbons (Fsp3) is 0.222. The molecule has 0 spiro atoms. The molecule has 0 aliphatic heterocycles. The minimum Gasteiger partial charge on any atom is -0.471 e. The first kappa shape index (κ1) is 17.9. The summed E-state index contributed by atoms with van der Waals surface area (Å²) in [7, 11) is 0. The van der Waals surface area contributed by atoms with E-state index < -0.39 is 0 Å². The number of hydrogen-bond acceptors (Lipinski definition) is 3. The molecular formula is C18H18ClFN2O2. The van der Waals surface area contributed by atoms with Crippen molar-refractivity contribution in [1.82, 2.24) is 9.55 Å². The van der Waals surface area contributed by atoms with Gasteiger partial charge in [-0.3, -0.25) is 9.36 Å². The van der Waals surface area contributed by atoms with Gasteiger partial charge < -0.3 is 4.74 Å². The lowest BCUT2D eigenvalue weighted by Crippen LogP contribution is -2.09. The van der Waals surface area contributed by atoms with Gasteiger partial charge in [0.05, 0.1) is 0 Å². The van der Waals surface area contributed by atoms with Crippen LogP contribution in [0, 0.1) is 19.7 Å². The Morgan fingerprint density at radius 1 is 1.21 bits per heavy atom. The quantitative estimate of drug-likeness (QED) is 0.702. The molecule has 3 rings (SSSR count). The maximum absolute atomic E-state index is 13.0. The van der Waals surface area contributed by atoms with E-state index in [1.807, 2.05) is 19.9 Å². The third kappa shape index (κ3) is 3.12. The lowest BCUT2D eigenvalue weighted by molar-refractivity contribution is 0.0938. The van der Waals surface area contributed by atoms with Crippen molar-refractivity contribution in [2.24, 2.45) is 0 Å². The smallest absolute Gasteiger partial charge is 0.239 e. The minimum atomic E-state index is -0.286. The van der Waals surface area contributed by atoms with Crippen molar-refractivity contribution >= 4 is 29.2 Å². The highest BCUT2D eigenvalue weighted by Gasteiger charge is 2.18. The predicted octanol–water partition coefficient (Wildman–Crippen LogP) is 4.45. The number of benzene rings is 1. The number of aryl methyl sites for hydroxylation is 1. The lowest BCUT2D eigenvalue weighted by Gasteiger charge is -2.09. The zero-order valence-electron chi connectivity index (χ0n) is 13.7. The van der Waals surface area contributed by atoms with Gasteiger partial charge in [-0.2, -0.15) is 0 Å². The zero-order valence-corrected chi connectivity index (χ0v) is 14.5. The molecular weight excluding hydrogens is 331 g/mol. The Balaban J connectivity index is 0.00000208. The van der Waals surface area contributed by atoms with E-state index in [-0.39, 0.29) is 30.7 Å². The Morgan fingerprint density at radius 2 is 1.88 bits per heavy atom. The van der Waals surface area contributed by atoms with Gasteiger partial charge in [-0.25, -0.2) is 9.37 Å². The zero-order chi connectivity index (χ0) is 16.6. The fourth-order valence-electron chi connectivity index (χ4n) is 2.72. The maximum atomic E-state index is 13.0. The average Bonchev–Trinajstić information content (AvgIpc) is 2.79. The second-order valence-corrected chi connectivity index (χ2v) is 5.49. The Bertz CT molecular complexity index is 888. The number of rotatable bonds is 3. The van der Waals surface area contributed by atoms with Crippen molar-refractivity contribution in [3.05, 3.63) is 59.2 Å². The molecule has 6 heteroatoms. The molecule has 3 aromatic rings. The van der Waals surface area contributed by atoms with Crippen LogP contribution in [-0.4, -0.2) is 15.5 Å². The molecule has 0 saturated heterocycles. The standard InChI is InChI=1S/C18H17FN2O2.ClH/c1-11-12(2)21(13(3)22)17-16(11)8-9-20-18(17)23-10-14-4-6-15(19)7-5-14;/h4-9H,10H2,1-3H3;1H. The van der Waals surface area contributed by atoms with Gasteiger partial charge >= 0.3 is 0 Å². The lowest BCUT2D eigenvalue weighted by atomic mass is 10.2. The summed E-state index contributed by atoms with van der Waals surface area (Å²) in [4.78, 5) is 16.3. The number of pyridine rings is 1. The molecule has 0 aliphatic carbocycles. The summed E-state index contributed by atoms with van der Waals surface area (Å²) in [5.41, 5.74) is 3.42. The molecule has 0 saturated carbocycles. The molecule has 0 fully saturated rings. The highest BCUT2D eigenvalue weighted by atomic mass is 35.5. The summed E-state index contributed by atoms with van der Waals surface area (Å²) < 4.78 is 20.4. The Kier molecular flexibility index (Phi) is 5.24. The third-order valence-electron chi connectivity index (χ3n) is 4.00. The van der Waals surface area contributed by atoms with Crippen LogP contribution in [0.25, 0.3) is 10.9 Å². The molecule has 2 heterocycles. The van der Waals surface area contributed by atoms with E-state index in [0.29, 0.717) is 11.4 Å². The molecule has 0 amide bonds. The number of aromatic nitrogens is 2. The summed E-state index contributed by atoms with van der Waals surface area (Å²) in [6, 6.07) is 7.98. The number of fused-ring (bicyclic) bond motifs is 1. The average molecular weight is 349 g/mol. The number of halogens is 2. The SMILES string of the molecule is CC(=O)n1c(C)c(C)c2ccnc(OCc3ccc(F)cc3)c21.Cl. The highest BCUT2D eigenvalue weighted by molar-refractivity contribution is 5.97. The van der Waals surface area contributed by atoms with Crippen LogP contribution in [0.1, 0.15) is 28.5 Å². The van der Waals surface area contributed by atoms with Crippen LogP contribution in [0.5, 0.6) is 5.88 Å². The second-order valence-electron chi connectivity index (χ2n) is 5.49. The monoisotopic (exact) mass is 348 g/mol. The van der Waals surface area contributed by atoms with E-state index in [1.54, 1.807) is 22.9 Å². The largest absolute Gasteiger partial charge is 0.471 e. The van der Waals surface area contributed by atoms with E-state index in [2.05, 4.69) is 4.98 Å². The van der Waals surface area contributed by atoms with Crippen LogP contribution in [0.15, 0.2) is 36.5 Å². The molecule has 0 N–H and O–H groups in total. The molecule has 0 atom stereocenters. The van der Waals surface area contributed by atoms with Gasteiger partial charge in [-0.15, -0.1) is 12.4 Å². The summed E-state index contributed by atoms with van der Waals surface area (Å²) in [6.45, 7) is 5.65. The first-order valence-electron chi connectivity index (χ1n) is 7.34. The summed E-state index contributed by atoms with van der Waals surface area (Å²) >= 11 is 0. The van der Waals surface area contributed by atoms with Gasteiger partial charge in [0.25, 0.3) is 0 Å². The second kappa shape index (κ2) is 7.01. The summed E-state index contributed by atoms with van der Waals surface area (Å²) in [5, 5.41) is 0.946. The number of ether oxygens (including phenoxy) is 1. The van der Waals surface area contributed by atoms with E-state index >= 15 is 0 Å². The van der Waals surface area contributed by atoms with Crippen molar-refractivity contribution in [2.75, 3.05) is 0 Å². The third-order valence-corrected chi connectivity index (χ3v) is 4.00. The first-order valence-corrected chi connectivity index (χ1v) is 7.34. The predicted molar refractivity (Wildman–Crippen MR) is 93.5 cm³/mol. The van der Waals surface area contributed by atoms with Crippen molar-refractivity contribution in [2.45, 2.75) is 27.4 Å². The Labute approximate surface area is 145 Å². The molecule has 2 aromatic heterocycles. The van der Waals surface area contributed by atoms with E-state index in [0.717, 1.165) is 22.2 Å². The molecule has 126 valence electrons. The van der Waals surface area contributed by atoms with Crippen LogP contribution in [0.4, 0.5) is 4.39 Å². The Morgan fingerprint density at radius 3 is 2.50 bits per heavy atom. The summed E-state index contributed by atoms with van der Waals surface area (Å²) in [6.07, 6.45) is 1.67. The van der Waals surface area contributed by atoms with Crippen LogP contribution < -0.4 is 4.74 Å². The van der Waals surface area contributed by atoms with Gasteiger partial charge in [0.1, 0.15) is 17.9 Å². The van der Waals surface area contributed by atoms with Crippen LogP contribution in [-0.2, 0) is 6.61 Å². The van der Waals surface area contributed by atoms with Crippen molar-refractivity contribution < 1.29 is 13.9 Å². The van der Waals surface area contributed by atoms with Gasteiger partial charge in [0.2, 0.25) is 11.8 Å². The van der Waals surface area contributed by atoms with E-state index in [1.165, 1.54) is 19.1 Å². The number of carbonyl (C=O) groups is 1. The minimum absolute atomic E-state index is 0. The summed E-state index contributed by atoms with van der Waals surface area (Å²) in [5.74, 6) is 0.0316. The van der Waals surface area contributed by atoms with Gasteiger partial charge in [0, 0.05) is 24.2 Å². The molecule has 0 bridgehead atoms. The molecule has 24 heavy (non-hydrogen) atoms. The Hall–Kier alpha value is -2.40. The number of carbonyl (C=O) groups excluding carboxylic acids is 1. The normalized spacial score (nSPS) is 10.5. The van der Waals surface area contributed by atoms with Gasteiger partial charge in [0.15, 0.2) is 0 Å². The van der Waals surface area contributed by atoms with Crippen molar-refractivity contribution in [3.8, 4) is 5.88 Å². The van der Waals surface area contributed by atoms with E-state index in [4.69, 9.17) is 4.74 Å².